The number of amides is 3. The lowest BCUT2D eigenvalue weighted by molar-refractivity contribution is -0.143. The molecule has 2 aromatic heterocycles. The Morgan fingerprint density at radius 1 is 0.976 bits per heavy atom. The molecular formula is C27H38N8O6. The number of rotatable bonds is 16. The Morgan fingerprint density at radius 3 is 2.37 bits per heavy atom. The lowest BCUT2D eigenvalue weighted by atomic mass is 10.0. The van der Waals surface area contributed by atoms with E-state index in [1.54, 1.807) is 6.20 Å². The fourth-order valence-electron chi connectivity index (χ4n) is 4.39. The molecule has 0 bridgehead atoms. The zero-order valence-electron chi connectivity index (χ0n) is 22.8. The van der Waals surface area contributed by atoms with E-state index in [1.165, 1.54) is 19.4 Å². The highest BCUT2D eigenvalue weighted by Gasteiger charge is 2.33. The Bertz CT molecular complexity index is 1310. The van der Waals surface area contributed by atoms with Crippen LogP contribution in [0.15, 0.2) is 43.0 Å². The predicted molar refractivity (Wildman–Crippen MR) is 150 cm³/mol. The van der Waals surface area contributed by atoms with E-state index in [2.05, 4.69) is 30.9 Å². The maximum Gasteiger partial charge on any atom is 0.326 e. The molecule has 41 heavy (non-hydrogen) atoms. The molecule has 0 saturated carbocycles. The number of hydrogen-bond donors (Lipinski definition) is 9. The van der Waals surface area contributed by atoms with Gasteiger partial charge in [0.2, 0.25) is 17.7 Å². The van der Waals surface area contributed by atoms with Crippen LogP contribution in [0.5, 0.6) is 0 Å². The van der Waals surface area contributed by atoms with Gasteiger partial charge in [0.1, 0.15) is 18.1 Å². The van der Waals surface area contributed by atoms with Crippen molar-refractivity contribution in [3.8, 4) is 0 Å². The summed E-state index contributed by atoms with van der Waals surface area (Å²) in [6.45, 7) is 1.75. The Hall–Kier alpha value is -4.27. The Morgan fingerprint density at radius 2 is 1.71 bits per heavy atom. The monoisotopic (exact) mass is 570 g/mol. The first-order valence-electron chi connectivity index (χ1n) is 13.4. The number of nitrogens with one attached hydrogen (secondary N) is 5. The van der Waals surface area contributed by atoms with Crippen LogP contribution >= 0.6 is 0 Å². The molecule has 3 rings (SSSR count). The molecule has 11 N–H and O–H groups in total. The molecule has 0 fully saturated rings. The molecule has 222 valence electrons. The summed E-state index contributed by atoms with van der Waals surface area (Å²) in [6.07, 6.45) is 4.84. The van der Waals surface area contributed by atoms with Crippen molar-refractivity contribution in [1.29, 1.82) is 0 Å². The third kappa shape index (κ3) is 8.86. The number of carbonyl (C=O) groups excluding carboxylic acids is 3. The van der Waals surface area contributed by atoms with Crippen molar-refractivity contribution < 1.29 is 29.4 Å². The van der Waals surface area contributed by atoms with Crippen molar-refractivity contribution in [3.05, 3.63) is 54.2 Å². The van der Waals surface area contributed by atoms with E-state index in [0.29, 0.717) is 37.1 Å². The molecule has 5 atom stereocenters. The van der Waals surface area contributed by atoms with E-state index < -0.39 is 54.0 Å². The molecule has 0 aliphatic rings. The molecule has 2 heterocycles. The minimum absolute atomic E-state index is 0.000440. The topological polar surface area (TPSA) is 241 Å². The molecule has 0 spiro atoms. The van der Waals surface area contributed by atoms with Crippen LogP contribution in [0.4, 0.5) is 0 Å². The summed E-state index contributed by atoms with van der Waals surface area (Å²) in [5.74, 6) is -3.52. The van der Waals surface area contributed by atoms with Crippen molar-refractivity contribution in [1.82, 2.24) is 30.9 Å². The van der Waals surface area contributed by atoms with Crippen LogP contribution in [-0.2, 0) is 32.0 Å². The van der Waals surface area contributed by atoms with Gasteiger partial charge >= 0.3 is 5.97 Å². The number of hydrogen-bond acceptors (Lipinski definition) is 8. The highest BCUT2D eigenvalue weighted by atomic mass is 16.4. The summed E-state index contributed by atoms with van der Waals surface area (Å²) in [6, 6.07) is 2.44. The van der Waals surface area contributed by atoms with E-state index >= 15 is 0 Å². The summed E-state index contributed by atoms with van der Waals surface area (Å²) in [7, 11) is 0. The second-order valence-corrected chi connectivity index (χ2v) is 9.92. The largest absolute Gasteiger partial charge is 0.480 e. The van der Waals surface area contributed by atoms with Crippen LogP contribution in [0.25, 0.3) is 10.9 Å². The van der Waals surface area contributed by atoms with Gasteiger partial charge in [0.25, 0.3) is 0 Å². The van der Waals surface area contributed by atoms with Crippen molar-refractivity contribution in [2.24, 2.45) is 11.5 Å². The summed E-state index contributed by atoms with van der Waals surface area (Å²) < 4.78 is 0. The third-order valence-corrected chi connectivity index (χ3v) is 6.69. The SMILES string of the molecule is CC(O)C(NC(=O)C(Cc1cnc[nH]1)NC(=O)C(N)CCCCN)C(=O)NC(Cc1c[nH]c2ccccc12)C(=O)O. The number of aliphatic hydroxyl groups excluding tert-OH is 1. The van der Waals surface area contributed by atoms with Crippen LogP contribution < -0.4 is 27.4 Å². The Labute approximate surface area is 236 Å². The molecule has 1 aromatic carbocycles. The van der Waals surface area contributed by atoms with Gasteiger partial charge in [-0.15, -0.1) is 0 Å². The summed E-state index contributed by atoms with van der Waals surface area (Å²) in [4.78, 5) is 61.0. The average molecular weight is 571 g/mol. The van der Waals surface area contributed by atoms with Crippen molar-refractivity contribution >= 4 is 34.6 Å². The fourth-order valence-corrected chi connectivity index (χ4v) is 4.39. The molecule has 3 aromatic rings. The highest BCUT2D eigenvalue weighted by molar-refractivity contribution is 5.94. The summed E-state index contributed by atoms with van der Waals surface area (Å²) >= 11 is 0. The van der Waals surface area contributed by atoms with Gasteiger partial charge in [-0.05, 0) is 37.9 Å². The van der Waals surface area contributed by atoms with E-state index in [4.69, 9.17) is 11.5 Å². The van der Waals surface area contributed by atoms with Crippen LogP contribution in [0.2, 0.25) is 0 Å². The first kappa shape index (κ1) is 31.3. The quantitative estimate of drug-likeness (QED) is 0.0963. The lowest BCUT2D eigenvalue weighted by Crippen LogP contribution is -2.60. The fraction of sp³-hybridized carbons (Fsp3) is 0.444. The molecule has 14 nitrogen and oxygen atoms in total. The number of fused-ring (bicyclic) bond motifs is 1. The van der Waals surface area contributed by atoms with E-state index in [-0.39, 0.29) is 12.8 Å². The van der Waals surface area contributed by atoms with Gasteiger partial charge in [-0.1, -0.05) is 24.6 Å². The molecule has 3 amide bonds. The maximum absolute atomic E-state index is 13.3. The smallest absolute Gasteiger partial charge is 0.326 e. The third-order valence-electron chi connectivity index (χ3n) is 6.69. The van der Waals surface area contributed by atoms with E-state index in [0.717, 1.165) is 10.9 Å². The average Bonchev–Trinajstić information content (AvgIpc) is 3.60. The first-order chi connectivity index (χ1) is 19.6. The molecule has 5 unspecified atom stereocenters. The summed E-state index contributed by atoms with van der Waals surface area (Å²) in [5.41, 5.74) is 13.5. The minimum Gasteiger partial charge on any atom is -0.480 e. The lowest BCUT2D eigenvalue weighted by Gasteiger charge is -2.26. The molecule has 0 aliphatic heterocycles. The molecule has 0 saturated heterocycles. The van der Waals surface area contributed by atoms with Gasteiger partial charge in [-0.3, -0.25) is 14.4 Å². The van der Waals surface area contributed by atoms with Gasteiger partial charge < -0.3 is 47.6 Å². The van der Waals surface area contributed by atoms with Crippen LogP contribution in [-0.4, -0.2) is 85.7 Å². The number of nitrogens with two attached hydrogens (primary N) is 2. The highest BCUT2D eigenvalue weighted by Crippen LogP contribution is 2.19. The second kappa shape index (κ2) is 14.9. The van der Waals surface area contributed by atoms with Crippen LogP contribution in [0, 0.1) is 0 Å². The number of imidazole rings is 1. The van der Waals surface area contributed by atoms with Crippen molar-refractivity contribution in [2.75, 3.05) is 6.54 Å². The molecular weight excluding hydrogens is 532 g/mol. The number of carboxylic acid groups (broad SMARTS) is 1. The predicted octanol–water partition coefficient (Wildman–Crippen LogP) is -0.948. The number of H-pyrrole nitrogens is 2. The number of carboxylic acids is 1. The maximum atomic E-state index is 13.3. The standard InChI is InChI=1S/C27H38N8O6/c1-15(36)23(26(39)34-22(27(40)41)10-16-12-31-20-8-3-2-6-18(16)20)35-25(38)21(11-17-13-30-14-32-17)33-24(37)19(29)7-4-5-9-28/h2-3,6,8,12-15,19,21-23,31,36H,4-5,7,9-11,28-29H2,1H3,(H,30,32)(H,33,37)(H,34,39)(H,35,38)(H,40,41). The number of nitrogens with zero attached hydrogens (tertiary/aromatic N) is 1. The minimum atomic E-state index is -1.51. The van der Waals surface area contributed by atoms with Crippen molar-refractivity contribution in [3.63, 3.8) is 0 Å². The zero-order valence-corrected chi connectivity index (χ0v) is 22.8. The van der Waals surface area contributed by atoms with Gasteiger partial charge in [-0.2, -0.15) is 0 Å². The number of benzene rings is 1. The van der Waals surface area contributed by atoms with Gasteiger partial charge in [0.15, 0.2) is 0 Å². The Kier molecular flexibility index (Phi) is 11.4. The number of unbranched alkanes of at least 4 members (excludes halogenated alkanes) is 1. The van der Waals surface area contributed by atoms with E-state index in [1.807, 2.05) is 24.3 Å². The Balaban J connectivity index is 1.71. The number of aliphatic hydroxyl groups is 1. The van der Waals surface area contributed by atoms with E-state index in [9.17, 15) is 29.4 Å². The van der Waals surface area contributed by atoms with Crippen LogP contribution in [0.1, 0.15) is 37.4 Å². The van der Waals surface area contributed by atoms with Gasteiger partial charge in [0, 0.05) is 41.8 Å². The summed E-state index contributed by atoms with van der Waals surface area (Å²) in [5, 5.41) is 28.4. The normalized spacial score (nSPS) is 14.9. The molecule has 14 heteroatoms. The molecule has 0 aliphatic carbocycles. The number of aromatic nitrogens is 3. The van der Waals surface area contributed by atoms with Crippen LogP contribution in [0.3, 0.4) is 0 Å². The number of aliphatic carboxylic acids is 1. The second-order valence-electron chi connectivity index (χ2n) is 9.92. The van der Waals surface area contributed by atoms with Gasteiger partial charge in [0.05, 0.1) is 18.5 Å². The molecule has 0 radical (unpaired) electrons. The van der Waals surface area contributed by atoms with Gasteiger partial charge in [-0.25, -0.2) is 9.78 Å². The number of para-hydroxylation sites is 1. The first-order valence-corrected chi connectivity index (χ1v) is 13.4. The van der Waals surface area contributed by atoms with Crippen molar-refractivity contribution in [2.45, 2.75) is 69.3 Å². The number of carbonyl (C=O) groups is 4. The zero-order chi connectivity index (χ0) is 29.9. The number of aromatic amines is 2.